The Hall–Kier alpha value is -2.05. The summed E-state index contributed by atoms with van der Waals surface area (Å²) < 4.78 is 6.33. The minimum absolute atomic E-state index is 0.194. The summed E-state index contributed by atoms with van der Waals surface area (Å²) >= 11 is 9.32. The van der Waals surface area contributed by atoms with Gasteiger partial charge in [-0.05, 0) is 67.4 Å². The van der Waals surface area contributed by atoms with Gasteiger partial charge in [-0.2, -0.15) is 0 Å². The van der Waals surface area contributed by atoms with E-state index in [0.717, 1.165) is 5.56 Å². The van der Waals surface area contributed by atoms with Gasteiger partial charge in [-0.15, -0.1) is 0 Å². The molecule has 2 amide bonds. The van der Waals surface area contributed by atoms with Crippen LogP contribution in [0.2, 0.25) is 5.02 Å². The molecule has 2 rings (SSSR count). The highest BCUT2D eigenvalue weighted by atomic mass is 79.9. The van der Waals surface area contributed by atoms with Gasteiger partial charge in [0.15, 0.2) is 6.61 Å². The predicted octanol–water partition coefficient (Wildman–Crippen LogP) is 4.81. The van der Waals surface area contributed by atoms with E-state index in [9.17, 15) is 9.59 Å². The molecule has 7 heteroatoms. The fourth-order valence-electron chi connectivity index (χ4n) is 2.65. The van der Waals surface area contributed by atoms with E-state index in [4.69, 9.17) is 16.3 Å². The molecular formula is C22H26BrClN2O3. The molecule has 0 heterocycles. The molecule has 0 fully saturated rings. The highest BCUT2D eigenvalue weighted by molar-refractivity contribution is 9.10. The number of amides is 2. The Bertz CT molecular complexity index is 853. The van der Waals surface area contributed by atoms with Crippen molar-refractivity contribution in [2.75, 3.05) is 6.61 Å². The first-order chi connectivity index (χ1) is 13.6. The van der Waals surface area contributed by atoms with E-state index in [0.29, 0.717) is 21.8 Å². The Morgan fingerprint density at radius 2 is 1.83 bits per heavy atom. The monoisotopic (exact) mass is 480 g/mol. The molecule has 0 aliphatic rings. The number of nitrogens with zero attached hydrogens (tertiary/aromatic N) is 1. The van der Waals surface area contributed by atoms with Crippen molar-refractivity contribution < 1.29 is 14.3 Å². The van der Waals surface area contributed by atoms with Gasteiger partial charge in [0.2, 0.25) is 5.91 Å². The van der Waals surface area contributed by atoms with Crippen molar-refractivity contribution in [3.8, 4) is 5.75 Å². The van der Waals surface area contributed by atoms with Gasteiger partial charge in [0.25, 0.3) is 5.91 Å². The van der Waals surface area contributed by atoms with Crippen LogP contribution < -0.4 is 10.1 Å². The third-order valence-corrected chi connectivity index (χ3v) is 4.96. The van der Waals surface area contributed by atoms with Gasteiger partial charge in [-0.3, -0.25) is 9.59 Å². The summed E-state index contributed by atoms with van der Waals surface area (Å²) in [5.74, 6) is 0.0101. The maximum atomic E-state index is 13.0. The average Bonchev–Trinajstić information content (AvgIpc) is 2.64. The standard InChI is InChI=1S/C22H26BrClN2O3/c1-15(21(28)25-22(2,3)4)26(13-16-8-6-5-7-9-16)20(27)14-29-19-11-10-17(24)12-18(19)23/h5-12,15H,13-14H2,1-4H3,(H,25,28)/t15-/m1/s1. The largest absolute Gasteiger partial charge is 0.483 e. The molecule has 0 aliphatic heterocycles. The number of halogens is 2. The summed E-state index contributed by atoms with van der Waals surface area (Å²) in [6.45, 7) is 7.55. The van der Waals surface area contributed by atoms with Crippen LogP contribution >= 0.6 is 27.5 Å². The third kappa shape index (κ3) is 7.37. The minimum Gasteiger partial charge on any atom is -0.483 e. The van der Waals surface area contributed by atoms with Gasteiger partial charge in [0, 0.05) is 17.1 Å². The lowest BCUT2D eigenvalue weighted by Crippen LogP contribution is -2.53. The molecule has 0 radical (unpaired) electrons. The van der Waals surface area contributed by atoms with Gasteiger partial charge in [-0.1, -0.05) is 41.9 Å². The molecule has 0 saturated heterocycles. The Morgan fingerprint density at radius 3 is 2.41 bits per heavy atom. The van der Waals surface area contributed by atoms with Gasteiger partial charge in [0.1, 0.15) is 11.8 Å². The summed E-state index contributed by atoms with van der Waals surface area (Å²) in [5.41, 5.74) is 0.543. The predicted molar refractivity (Wildman–Crippen MR) is 119 cm³/mol. The van der Waals surface area contributed by atoms with Gasteiger partial charge in [-0.25, -0.2) is 0 Å². The van der Waals surface area contributed by atoms with E-state index in [1.54, 1.807) is 25.1 Å². The second-order valence-corrected chi connectivity index (χ2v) is 9.08. The molecule has 0 unspecified atom stereocenters. The Morgan fingerprint density at radius 1 is 1.17 bits per heavy atom. The Labute approximate surface area is 185 Å². The van der Waals surface area contributed by atoms with Crippen LogP contribution in [0.3, 0.4) is 0 Å². The lowest BCUT2D eigenvalue weighted by molar-refractivity contribution is -0.142. The number of ether oxygens (including phenoxy) is 1. The highest BCUT2D eigenvalue weighted by Gasteiger charge is 2.28. The summed E-state index contributed by atoms with van der Waals surface area (Å²) in [7, 11) is 0. The number of hydrogen-bond donors (Lipinski definition) is 1. The molecule has 0 saturated carbocycles. The van der Waals surface area contributed by atoms with E-state index in [1.165, 1.54) is 4.90 Å². The molecule has 5 nitrogen and oxygen atoms in total. The topological polar surface area (TPSA) is 58.6 Å². The molecule has 1 N–H and O–H groups in total. The zero-order valence-electron chi connectivity index (χ0n) is 17.0. The van der Waals surface area contributed by atoms with E-state index >= 15 is 0 Å². The van der Waals surface area contributed by atoms with E-state index in [2.05, 4.69) is 21.2 Å². The van der Waals surface area contributed by atoms with Crippen molar-refractivity contribution in [2.24, 2.45) is 0 Å². The lowest BCUT2D eigenvalue weighted by Gasteiger charge is -2.31. The molecule has 0 spiro atoms. The number of carbonyl (C=O) groups is 2. The molecular weight excluding hydrogens is 456 g/mol. The molecule has 2 aromatic rings. The molecule has 2 aromatic carbocycles. The van der Waals surface area contributed by atoms with E-state index < -0.39 is 11.6 Å². The summed E-state index contributed by atoms with van der Waals surface area (Å²) in [4.78, 5) is 27.2. The number of benzene rings is 2. The zero-order chi connectivity index (χ0) is 21.6. The smallest absolute Gasteiger partial charge is 0.261 e. The fraction of sp³-hybridized carbons (Fsp3) is 0.364. The maximum Gasteiger partial charge on any atom is 0.261 e. The first-order valence-corrected chi connectivity index (χ1v) is 10.5. The van der Waals surface area contributed by atoms with Gasteiger partial charge in [0.05, 0.1) is 4.47 Å². The molecule has 0 bridgehead atoms. The van der Waals surface area contributed by atoms with Crippen LogP contribution in [0.25, 0.3) is 0 Å². The zero-order valence-corrected chi connectivity index (χ0v) is 19.4. The fourth-order valence-corrected chi connectivity index (χ4v) is 3.45. The number of hydrogen-bond acceptors (Lipinski definition) is 3. The average molecular weight is 482 g/mol. The number of nitrogens with one attached hydrogen (secondary N) is 1. The van der Waals surface area contributed by atoms with Crippen LogP contribution in [-0.2, 0) is 16.1 Å². The number of rotatable bonds is 7. The van der Waals surface area contributed by atoms with Crippen molar-refractivity contribution in [1.29, 1.82) is 0 Å². The summed E-state index contributed by atoms with van der Waals surface area (Å²) in [5, 5.41) is 3.50. The second-order valence-electron chi connectivity index (χ2n) is 7.79. The lowest BCUT2D eigenvalue weighted by atomic mass is 10.1. The van der Waals surface area contributed by atoms with Crippen molar-refractivity contribution in [1.82, 2.24) is 10.2 Å². The number of carbonyl (C=O) groups excluding carboxylic acids is 2. The molecule has 0 aromatic heterocycles. The molecule has 29 heavy (non-hydrogen) atoms. The first-order valence-electron chi connectivity index (χ1n) is 9.30. The van der Waals surface area contributed by atoms with Crippen LogP contribution in [-0.4, -0.2) is 34.9 Å². The van der Waals surface area contributed by atoms with Crippen LogP contribution in [0.5, 0.6) is 5.75 Å². The Kier molecular flexibility index (Phi) is 8.11. The minimum atomic E-state index is -0.654. The Balaban J connectivity index is 2.16. The van der Waals surface area contributed by atoms with Gasteiger partial charge >= 0.3 is 0 Å². The summed E-state index contributed by atoms with van der Waals surface area (Å²) in [6, 6.07) is 14.0. The van der Waals surface area contributed by atoms with Crippen LogP contribution in [0, 0.1) is 0 Å². The van der Waals surface area contributed by atoms with Crippen LogP contribution in [0.1, 0.15) is 33.3 Å². The summed E-state index contributed by atoms with van der Waals surface area (Å²) in [6.07, 6.45) is 0. The maximum absolute atomic E-state index is 13.0. The van der Waals surface area contributed by atoms with Gasteiger partial charge < -0.3 is 15.0 Å². The second kappa shape index (κ2) is 10.1. The van der Waals surface area contributed by atoms with Crippen molar-refractivity contribution in [3.63, 3.8) is 0 Å². The highest BCUT2D eigenvalue weighted by Crippen LogP contribution is 2.28. The molecule has 156 valence electrons. The van der Waals surface area contributed by atoms with E-state index in [-0.39, 0.29) is 18.4 Å². The van der Waals surface area contributed by atoms with E-state index in [1.807, 2.05) is 51.1 Å². The van der Waals surface area contributed by atoms with Crippen molar-refractivity contribution in [2.45, 2.75) is 45.8 Å². The van der Waals surface area contributed by atoms with Crippen LogP contribution in [0.15, 0.2) is 53.0 Å². The van der Waals surface area contributed by atoms with Crippen molar-refractivity contribution >= 4 is 39.3 Å². The van der Waals surface area contributed by atoms with Crippen molar-refractivity contribution in [3.05, 3.63) is 63.6 Å². The van der Waals surface area contributed by atoms with Crippen LogP contribution in [0.4, 0.5) is 0 Å². The molecule has 0 aliphatic carbocycles. The third-order valence-electron chi connectivity index (χ3n) is 4.11. The SMILES string of the molecule is C[C@H](C(=O)NC(C)(C)C)N(Cc1ccccc1)C(=O)COc1ccc(Cl)cc1Br. The quantitative estimate of drug-likeness (QED) is 0.617. The first kappa shape index (κ1) is 23.2. The molecule has 1 atom stereocenters. The normalized spacial score (nSPS) is 12.2.